The number of rotatable bonds is 6. The van der Waals surface area contributed by atoms with E-state index in [9.17, 15) is 13.2 Å². The molecule has 1 N–H and O–H groups in total. The largest absolute Gasteiger partial charge is 0.376 e. The van der Waals surface area contributed by atoms with Crippen LogP contribution in [0.5, 0.6) is 0 Å². The fourth-order valence-electron chi connectivity index (χ4n) is 3.46. The summed E-state index contributed by atoms with van der Waals surface area (Å²) in [4.78, 5) is 12.3. The van der Waals surface area contributed by atoms with Crippen molar-refractivity contribution >= 4 is 27.5 Å². The Morgan fingerprint density at radius 1 is 1.23 bits per heavy atom. The molecule has 1 amide bonds. The highest BCUT2D eigenvalue weighted by Gasteiger charge is 2.31. The molecule has 0 spiro atoms. The van der Waals surface area contributed by atoms with Gasteiger partial charge < -0.3 is 10.1 Å². The van der Waals surface area contributed by atoms with Crippen LogP contribution in [-0.2, 0) is 25.3 Å². The van der Waals surface area contributed by atoms with Gasteiger partial charge in [-0.2, -0.15) is 0 Å². The van der Waals surface area contributed by atoms with Crippen LogP contribution in [0.25, 0.3) is 0 Å². The minimum atomic E-state index is -3.44. The van der Waals surface area contributed by atoms with Crippen LogP contribution in [-0.4, -0.2) is 51.0 Å². The monoisotopic (exact) mass is 400 g/mol. The molecule has 144 valence electrons. The van der Waals surface area contributed by atoms with Gasteiger partial charge in [0.25, 0.3) is 0 Å². The van der Waals surface area contributed by atoms with E-state index in [1.54, 1.807) is 24.3 Å². The number of carbonyl (C=O) groups is 1. The van der Waals surface area contributed by atoms with E-state index in [-0.39, 0.29) is 23.7 Å². The van der Waals surface area contributed by atoms with E-state index in [1.807, 2.05) is 0 Å². The first-order valence-corrected chi connectivity index (χ1v) is 11.0. The van der Waals surface area contributed by atoms with Crippen molar-refractivity contribution in [3.8, 4) is 0 Å². The third-order valence-corrected chi connectivity index (χ3v) is 7.24. The molecule has 1 atom stereocenters. The van der Waals surface area contributed by atoms with E-state index in [0.717, 1.165) is 19.4 Å². The van der Waals surface area contributed by atoms with Crippen LogP contribution in [0.2, 0.25) is 5.02 Å². The minimum Gasteiger partial charge on any atom is -0.376 e. The first-order valence-electron chi connectivity index (χ1n) is 9.06. The number of sulfonamides is 1. The topological polar surface area (TPSA) is 75.7 Å². The molecule has 2 aliphatic rings. The van der Waals surface area contributed by atoms with Crippen LogP contribution in [0.1, 0.15) is 31.2 Å². The quantitative estimate of drug-likeness (QED) is 0.794. The highest BCUT2D eigenvalue weighted by molar-refractivity contribution is 7.88. The number of nitrogens with one attached hydrogen (secondary N) is 1. The molecule has 0 aromatic heterocycles. The Balaban J connectivity index is 1.49. The molecule has 2 saturated heterocycles. The summed E-state index contributed by atoms with van der Waals surface area (Å²) >= 11 is 6.08. The number of nitrogens with zero attached hydrogens (tertiary/aromatic N) is 1. The number of halogens is 1. The van der Waals surface area contributed by atoms with Gasteiger partial charge in [-0.3, -0.25) is 4.79 Å². The summed E-state index contributed by atoms with van der Waals surface area (Å²) in [7, 11) is -3.44. The maximum Gasteiger partial charge on any atom is 0.223 e. The van der Waals surface area contributed by atoms with E-state index in [0.29, 0.717) is 43.1 Å². The van der Waals surface area contributed by atoms with Crippen LogP contribution >= 0.6 is 11.6 Å². The lowest BCUT2D eigenvalue weighted by Gasteiger charge is -2.30. The number of hydrogen-bond acceptors (Lipinski definition) is 4. The molecular formula is C18H25ClN2O4S. The second-order valence-corrected chi connectivity index (χ2v) is 9.28. The fourth-order valence-corrected chi connectivity index (χ4v) is 5.34. The van der Waals surface area contributed by atoms with Gasteiger partial charge >= 0.3 is 0 Å². The standard InChI is InChI=1S/C18H25ClN2O4S/c19-17-6-2-1-4-15(17)13-26(23,24)21-9-7-14(8-10-21)18(22)20-12-16-5-3-11-25-16/h1-2,4,6,14,16H,3,5,7-13H2,(H,20,22). The van der Waals surface area contributed by atoms with Gasteiger partial charge in [0.2, 0.25) is 15.9 Å². The summed E-state index contributed by atoms with van der Waals surface area (Å²) in [5, 5.41) is 3.40. The van der Waals surface area contributed by atoms with Crippen molar-refractivity contribution in [3.05, 3.63) is 34.9 Å². The van der Waals surface area contributed by atoms with Crippen molar-refractivity contribution in [1.29, 1.82) is 0 Å². The average molecular weight is 401 g/mol. The van der Waals surface area contributed by atoms with E-state index in [4.69, 9.17) is 16.3 Å². The van der Waals surface area contributed by atoms with E-state index in [1.165, 1.54) is 4.31 Å². The molecule has 1 aromatic rings. The van der Waals surface area contributed by atoms with Crippen molar-refractivity contribution in [3.63, 3.8) is 0 Å². The Labute approximate surface area is 159 Å². The summed E-state index contributed by atoms with van der Waals surface area (Å²) in [6.07, 6.45) is 3.23. The first-order chi connectivity index (χ1) is 12.5. The van der Waals surface area contributed by atoms with Crippen molar-refractivity contribution in [2.24, 2.45) is 5.92 Å². The smallest absolute Gasteiger partial charge is 0.223 e. The molecule has 26 heavy (non-hydrogen) atoms. The SMILES string of the molecule is O=C(NCC1CCCO1)C1CCN(S(=O)(=O)Cc2ccccc2Cl)CC1. The third-order valence-electron chi connectivity index (χ3n) is 5.04. The Kier molecular flexibility index (Phi) is 6.55. The predicted molar refractivity (Wildman–Crippen MR) is 100 cm³/mol. The summed E-state index contributed by atoms with van der Waals surface area (Å²) in [6.45, 7) is 2.04. The Morgan fingerprint density at radius 3 is 2.62 bits per heavy atom. The molecule has 2 heterocycles. The lowest BCUT2D eigenvalue weighted by molar-refractivity contribution is -0.126. The fraction of sp³-hybridized carbons (Fsp3) is 0.611. The number of benzene rings is 1. The normalized spacial score (nSPS) is 22.4. The highest BCUT2D eigenvalue weighted by Crippen LogP contribution is 2.24. The third kappa shape index (κ3) is 4.97. The van der Waals surface area contributed by atoms with Crippen LogP contribution in [0.4, 0.5) is 0 Å². The Hall–Kier alpha value is -1.15. The van der Waals surface area contributed by atoms with Gasteiger partial charge in [-0.05, 0) is 37.3 Å². The van der Waals surface area contributed by atoms with Gasteiger partial charge in [-0.25, -0.2) is 12.7 Å². The zero-order valence-corrected chi connectivity index (χ0v) is 16.3. The van der Waals surface area contributed by atoms with E-state index >= 15 is 0 Å². The molecule has 1 aromatic carbocycles. The van der Waals surface area contributed by atoms with Crippen LogP contribution < -0.4 is 5.32 Å². The molecule has 3 rings (SSSR count). The Morgan fingerprint density at radius 2 is 1.96 bits per heavy atom. The number of carbonyl (C=O) groups excluding carboxylic acids is 1. The lowest BCUT2D eigenvalue weighted by atomic mass is 9.97. The number of piperidine rings is 1. The van der Waals surface area contributed by atoms with Crippen molar-refractivity contribution in [2.75, 3.05) is 26.2 Å². The lowest BCUT2D eigenvalue weighted by Crippen LogP contribution is -2.44. The molecule has 0 saturated carbocycles. The number of amides is 1. The second kappa shape index (κ2) is 8.69. The van der Waals surface area contributed by atoms with Gasteiger partial charge in [0.1, 0.15) is 0 Å². The van der Waals surface area contributed by atoms with Crippen molar-refractivity contribution in [1.82, 2.24) is 9.62 Å². The van der Waals surface area contributed by atoms with E-state index in [2.05, 4.69) is 5.32 Å². The van der Waals surface area contributed by atoms with Gasteiger partial charge in [0.15, 0.2) is 0 Å². The number of ether oxygens (including phenoxy) is 1. The maximum absolute atomic E-state index is 12.6. The summed E-state index contributed by atoms with van der Waals surface area (Å²) in [6, 6.07) is 6.97. The molecule has 6 nitrogen and oxygen atoms in total. The molecule has 2 fully saturated rings. The highest BCUT2D eigenvalue weighted by atomic mass is 35.5. The summed E-state index contributed by atoms with van der Waals surface area (Å²) in [5.74, 6) is -0.241. The van der Waals surface area contributed by atoms with Crippen LogP contribution in [0.3, 0.4) is 0 Å². The van der Waals surface area contributed by atoms with Crippen LogP contribution in [0, 0.1) is 5.92 Å². The molecule has 2 aliphatic heterocycles. The first kappa shape index (κ1) is 19.6. The molecule has 0 radical (unpaired) electrons. The van der Waals surface area contributed by atoms with Gasteiger partial charge in [-0.1, -0.05) is 29.8 Å². The Bertz CT molecular complexity index is 726. The van der Waals surface area contributed by atoms with Gasteiger partial charge in [-0.15, -0.1) is 0 Å². The van der Waals surface area contributed by atoms with Gasteiger partial charge in [0.05, 0.1) is 11.9 Å². The molecular weight excluding hydrogens is 376 g/mol. The molecule has 1 unspecified atom stereocenters. The average Bonchev–Trinajstić information content (AvgIpc) is 3.15. The zero-order valence-electron chi connectivity index (χ0n) is 14.7. The van der Waals surface area contributed by atoms with Crippen molar-refractivity contribution in [2.45, 2.75) is 37.5 Å². The molecule has 0 bridgehead atoms. The van der Waals surface area contributed by atoms with E-state index < -0.39 is 10.0 Å². The maximum atomic E-state index is 12.6. The summed E-state index contributed by atoms with van der Waals surface area (Å²) < 4.78 is 32.2. The van der Waals surface area contributed by atoms with Crippen molar-refractivity contribution < 1.29 is 17.9 Å². The molecule has 8 heteroatoms. The number of hydrogen-bond donors (Lipinski definition) is 1. The second-order valence-electron chi connectivity index (χ2n) is 6.90. The minimum absolute atomic E-state index is 0.00338. The predicted octanol–water partition coefficient (Wildman–Crippen LogP) is 2.18. The molecule has 0 aliphatic carbocycles. The zero-order chi connectivity index (χ0) is 18.6. The summed E-state index contributed by atoms with van der Waals surface area (Å²) in [5.41, 5.74) is 0.602. The van der Waals surface area contributed by atoms with Gasteiger partial charge in [0, 0.05) is 37.2 Å². The van der Waals surface area contributed by atoms with Crippen LogP contribution in [0.15, 0.2) is 24.3 Å².